The Hall–Kier alpha value is -2.34. The Balaban J connectivity index is 2.18. The normalized spacial score (nSPS) is 9.78. The first-order valence-corrected chi connectivity index (χ1v) is 5.88. The van der Waals surface area contributed by atoms with Crippen molar-refractivity contribution in [3.8, 4) is 23.1 Å². The van der Waals surface area contributed by atoms with Crippen LogP contribution in [0.2, 0.25) is 0 Å². The maximum atomic E-state index is 8.60. The van der Waals surface area contributed by atoms with Crippen LogP contribution in [-0.2, 0) is 6.42 Å². The van der Waals surface area contributed by atoms with Gasteiger partial charge in [0.05, 0.1) is 24.8 Å². The molecule has 18 heavy (non-hydrogen) atoms. The maximum absolute atomic E-state index is 8.60. The molecule has 90 valence electrons. The Morgan fingerprint density at radius 2 is 1.94 bits per heavy atom. The van der Waals surface area contributed by atoms with Crippen LogP contribution in [0.1, 0.15) is 12.5 Å². The van der Waals surface area contributed by atoms with Gasteiger partial charge in [0.2, 0.25) is 0 Å². The first-order valence-electron chi connectivity index (χ1n) is 5.88. The van der Waals surface area contributed by atoms with Crippen molar-refractivity contribution < 1.29 is 4.74 Å². The minimum Gasteiger partial charge on any atom is -0.494 e. The van der Waals surface area contributed by atoms with Crippen LogP contribution in [0.3, 0.4) is 0 Å². The van der Waals surface area contributed by atoms with Crippen LogP contribution in [0.15, 0.2) is 42.6 Å². The molecule has 0 atom stereocenters. The number of benzene rings is 1. The molecule has 0 fully saturated rings. The second-order valence-electron chi connectivity index (χ2n) is 3.84. The summed E-state index contributed by atoms with van der Waals surface area (Å²) in [6, 6.07) is 13.8. The summed E-state index contributed by atoms with van der Waals surface area (Å²) in [6.45, 7) is 2.63. The van der Waals surface area contributed by atoms with Crippen molar-refractivity contribution in [2.75, 3.05) is 6.61 Å². The lowest BCUT2D eigenvalue weighted by Gasteiger charge is -2.05. The van der Waals surface area contributed by atoms with Crippen molar-refractivity contribution in [1.29, 1.82) is 5.26 Å². The van der Waals surface area contributed by atoms with Crippen molar-refractivity contribution in [2.45, 2.75) is 13.3 Å². The summed E-state index contributed by atoms with van der Waals surface area (Å²) in [7, 11) is 0. The average molecular weight is 238 g/mol. The molecule has 1 aromatic heterocycles. The minimum absolute atomic E-state index is 0.399. The van der Waals surface area contributed by atoms with Crippen LogP contribution < -0.4 is 4.74 Å². The van der Waals surface area contributed by atoms with Crippen LogP contribution in [0, 0.1) is 11.3 Å². The topological polar surface area (TPSA) is 45.9 Å². The number of nitrogens with zero attached hydrogens (tertiary/aromatic N) is 2. The number of aromatic nitrogens is 1. The summed E-state index contributed by atoms with van der Waals surface area (Å²) in [4.78, 5) is 4.35. The third-order valence-electron chi connectivity index (χ3n) is 2.57. The number of pyridine rings is 1. The van der Waals surface area contributed by atoms with Crippen LogP contribution in [0.25, 0.3) is 11.3 Å². The molecule has 2 aromatic rings. The van der Waals surface area contributed by atoms with Crippen LogP contribution in [0.5, 0.6) is 5.75 Å². The van der Waals surface area contributed by atoms with E-state index in [4.69, 9.17) is 10.00 Å². The van der Waals surface area contributed by atoms with Crippen LogP contribution >= 0.6 is 0 Å². The Morgan fingerprint density at radius 1 is 1.17 bits per heavy atom. The molecular weight excluding hydrogens is 224 g/mol. The van der Waals surface area contributed by atoms with Gasteiger partial charge in [0, 0.05) is 11.8 Å². The first-order chi connectivity index (χ1) is 8.83. The van der Waals surface area contributed by atoms with Gasteiger partial charge in [0.25, 0.3) is 0 Å². The largest absolute Gasteiger partial charge is 0.494 e. The minimum atomic E-state index is 0.399. The summed E-state index contributed by atoms with van der Waals surface area (Å²) in [5, 5.41) is 8.60. The molecule has 0 aliphatic rings. The van der Waals surface area contributed by atoms with Crippen molar-refractivity contribution in [3.63, 3.8) is 0 Å². The fourth-order valence-corrected chi connectivity index (χ4v) is 1.68. The maximum Gasteiger partial charge on any atom is 0.119 e. The van der Waals surface area contributed by atoms with E-state index in [0.717, 1.165) is 22.6 Å². The molecule has 0 saturated carbocycles. The smallest absolute Gasteiger partial charge is 0.119 e. The lowest BCUT2D eigenvalue weighted by atomic mass is 10.1. The van der Waals surface area contributed by atoms with Gasteiger partial charge in [-0.1, -0.05) is 6.07 Å². The van der Waals surface area contributed by atoms with Crippen molar-refractivity contribution in [3.05, 3.63) is 48.2 Å². The van der Waals surface area contributed by atoms with Gasteiger partial charge in [-0.15, -0.1) is 0 Å². The summed E-state index contributed by atoms with van der Waals surface area (Å²) >= 11 is 0. The van der Waals surface area contributed by atoms with E-state index in [-0.39, 0.29) is 0 Å². The molecule has 0 unspecified atom stereocenters. The van der Waals surface area contributed by atoms with E-state index in [1.807, 2.05) is 43.3 Å². The molecule has 0 bridgehead atoms. The molecule has 0 saturated heterocycles. The molecule has 2 rings (SSSR count). The summed E-state index contributed by atoms with van der Waals surface area (Å²) in [5.41, 5.74) is 2.88. The van der Waals surface area contributed by atoms with Gasteiger partial charge in [0.15, 0.2) is 0 Å². The van der Waals surface area contributed by atoms with E-state index < -0.39 is 0 Å². The highest BCUT2D eigenvalue weighted by molar-refractivity contribution is 5.60. The third-order valence-corrected chi connectivity index (χ3v) is 2.57. The lowest BCUT2D eigenvalue weighted by Crippen LogP contribution is -1.91. The second-order valence-corrected chi connectivity index (χ2v) is 3.84. The van der Waals surface area contributed by atoms with Gasteiger partial charge in [-0.05, 0) is 42.8 Å². The molecule has 0 aliphatic heterocycles. The standard InChI is InChI=1S/C15H14N2O/c1-2-18-14-6-4-13(5-7-14)15-8-3-12(9-10-16)11-17-15/h3-8,11H,2,9H2,1H3. The number of nitriles is 1. The van der Waals surface area contributed by atoms with E-state index in [1.54, 1.807) is 6.20 Å². The molecule has 1 aromatic carbocycles. The molecule has 0 amide bonds. The molecule has 3 heteroatoms. The van der Waals surface area contributed by atoms with Gasteiger partial charge in [-0.3, -0.25) is 4.98 Å². The van der Waals surface area contributed by atoms with Gasteiger partial charge in [-0.2, -0.15) is 5.26 Å². The Morgan fingerprint density at radius 3 is 2.50 bits per heavy atom. The lowest BCUT2D eigenvalue weighted by molar-refractivity contribution is 0.340. The molecule has 3 nitrogen and oxygen atoms in total. The van der Waals surface area contributed by atoms with Gasteiger partial charge in [0.1, 0.15) is 5.75 Å². The molecule has 0 radical (unpaired) electrons. The van der Waals surface area contributed by atoms with Crippen LogP contribution in [-0.4, -0.2) is 11.6 Å². The van der Waals surface area contributed by atoms with Crippen molar-refractivity contribution in [1.82, 2.24) is 4.98 Å². The van der Waals surface area contributed by atoms with Gasteiger partial charge >= 0.3 is 0 Å². The van der Waals surface area contributed by atoms with E-state index in [1.165, 1.54) is 0 Å². The predicted molar refractivity (Wildman–Crippen MR) is 70.2 cm³/mol. The zero-order chi connectivity index (χ0) is 12.8. The number of hydrogen-bond acceptors (Lipinski definition) is 3. The van der Waals surface area contributed by atoms with Gasteiger partial charge in [-0.25, -0.2) is 0 Å². The quantitative estimate of drug-likeness (QED) is 0.821. The molecule has 0 N–H and O–H groups in total. The van der Waals surface area contributed by atoms with Gasteiger partial charge < -0.3 is 4.74 Å². The highest BCUT2D eigenvalue weighted by Crippen LogP contribution is 2.20. The van der Waals surface area contributed by atoms with E-state index in [9.17, 15) is 0 Å². The summed E-state index contributed by atoms with van der Waals surface area (Å²) in [5.74, 6) is 0.863. The third kappa shape index (κ3) is 2.86. The van der Waals surface area contributed by atoms with E-state index in [0.29, 0.717) is 13.0 Å². The SMILES string of the molecule is CCOc1ccc(-c2ccc(CC#N)cn2)cc1. The fraction of sp³-hybridized carbons (Fsp3) is 0.200. The number of rotatable bonds is 4. The second kappa shape index (κ2) is 5.83. The first kappa shape index (κ1) is 12.1. The fourth-order valence-electron chi connectivity index (χ4n) is 1.68. The van der Waals surface area contributed by atoms with E-state index in [2.05, 4.69) is 11.1 Å². The molecule has 0 aliphatic carbocycles. The Labute approximate surface area is 107 Å². The summed E-state index contributed by atoms with van der Waals surface area (Å²) in [6.07, 6.45) is 2.14. The number of ether oxygens (including phenoxy) is 1. The average Bonchev–Trinajstić information content (AvgIpc) is 2.41. The Kier molecular flexibility index (Phi) is 3.93. The predicted octanol–water partition coefficient (Wildman–Crippen LogP) is 3.21. The molecule has 0 spiro atoms. The zero-order valence-electron chi connectivity index (χ0n) is 10.3. The Bertz CT molecular complexity index is 538. The monoisotopic (exact) mass is 238 g/mol. The molecular formula is C15H14N2O. The van der Waals surface area contributed by atoms with Crippen LogP contribution in [0.4, 0.5) is 0 Å². The zero-order valence-corrected chi connectivity index (χ0v) is 10.3. The number of hydrogen-bond donors (Lipinski definition) is 0. The summed E-state index contributed by atoms with van der Waals surface area (Å²) < 4.78 is 5.39. The van der Waals surface area contributed by atoms with Crippen molar-refractivity contribution >= 4 is 0 Å². The molecule has 1 heterocycles. The highest BCUT2D eigenvalue weighted by atomic mass is 16.5. The highest BCUT2D eigenvalue weighted by Gasteiger charge is 2.00. The van der Waals surface area contributed by atoms with Crippen molar-refractivity contribution in [2.24, 2.45) is 0 Å². The van der Waals surface area contributed by atoms with E-state index >= 15 is 0 Å².